The molecule has 0 amide bonds. The number of methoxy groups -OCH3 is 1. The lowest BCUT2D eigenvalue weighted by atomic mass is 9.98. The molecule has 1 rings (SSSR count). The molecule has 0 aliphatic heterocycles. The lowest BCUT2D eigenvalue weighted by Crippen LogP contribution is -2.49. The highest BCUT2D eigenvalue weighted by molar-refractivity contribution is 5.80. The molecule has 1 N–H and O–H groups in total. The third kappa shape index (κ3) is 3.10. The third-order valence-corrected chi connectivity index (χ3v) is 3.30. The minimum Gasteiger partial charge on any atom is -0.468 e. The number of imidazole rings is 1. The van der Waals surface area contributed by atoms with Crippen molar-refractivity contribution in [3.8, 4) is 0 Å². The van der Waals surface area contributed by atoms with Crippen LogP contribution in [0.25, 0.3) is 0 Å². The van der Waals surface area contributed by atoms with Gasteiger partial charge in [-0.25, -0.2) is 4.98 Å². The molecule has 102 valence electrons. The lowest BCUT2D eigenvalue weighted by molar-refractivity contribution is -0.148. The Kier molecular flexibility index (Phi) is 4.90. The van der Waals surface area contributed by atoms with Crippen LogP contribution in [0, 0.1) is 0 Å². The van der Waals surface area contributed by atoms with Crippen molar-refractivity contribution < 1.29 is 9.53 Å². The van der Waals surface area contributed by atoms with E-state index < -0.39 is 5.54 Å². The molecule has 5 heteroatoms. The van der Waals surface area contributed by atoms with Gasteiger partial charge in [0.15, 0.2) is 0 Å². The number of hydrogen-bond donors (Lipinski definition) is 1. The van der Waals surface area contributed by atoms with Crippen LogP contribution in [-0.4, -0.2) is 35.2 Å². The molecule has 0 aliphatic carbocycles. The summed E-state index contributed by atoms with van der Waals surface area (Å²) in [7, 11) is 3.18. The maximum atomic E-state index is 11.7. The van der Waals surface area contributed by atoms with Crippen LogP contribution in [0.5, 0.6) is 0 Å². The van der Waals surface area contributed by atoms with Crippen LogP contribution in [-0.2, 0) is 16.1 Å². The van der Waals surface area contributed by atoms with Crippen LogP contribution in [0.1, 0.15) is 38.9 Å². The molecule has 1 heterocycles. The third-order valence-electron chi connectivity index (χ3n) is 3.30. The quantitative estimate of drug-likeness (QED) is 0.781. The summed E-state index contributed by atoms with van der Waals surface area (Å²) < 4.78 is 6.91. The van der Waals surface area contributed by atoms with Crippen molar-refractivity contribution in [1.82, 2.24) is 14.9 Å². The largest absolute Gasteiger partial charge is 0.468 e. The lowest BCUT2D eigenvalue weighted by Gasteiger charge is -2.26. The molecule has 1 atom stereocenters. The first-order valence-electron chi connectivity index (χ1n) is 6.23. The van der Waals surface area contributed by atoms with Crippen molar-refractivity contribution in [2.24, 2.45) is 0 Å². The summed E-state index contributed by atoms with van der Waals surface area (Å²) in [6.07, 6.45) is 4.40. The summed E-state index contributed by atoms with van der Waals surface area (Å²) in [4.78, 5) is 16.1. The molecule has 5 nitrogen and oxygen atoms in total. The van der Waals surface area contributed by atoms with Crippen molar-refractivity contribution in [1.29, 1.82) is 0 Å². The Labute approximate surface area is 109 Å². The Hall–Kier alpha value is -1.36. The summed E-state index contributed by atoms with van der Waals surface area (Å²) in [6.45, 7) is 6.80. The maximum absolute atomic E-state index is 11.7. The molecular formula is C13H23N3O2. The molecule has 0 radical (unpaired) electrons. The van der Waals surface area contributed by atoms with Gasteiger partial charge in [0.05, 0.1) is 7.11 Å². The molecule has 0 aromatic carbocycles. The Balaban J connectivity index is 2.74. The number of carbonyl (C=O) groups excluding carboxylic acids is 1. The van der Waals surface area contributed by atoms with Crippen molar-refractivity contribution in [3.05, 3.63) is 18.2 Å². The fourth-order valence-corrected chi connectivity index (χ4v) is 1.91. The van der Waals surface area contributed by atoms with Gasteiger partial charge in [-0.05, 0) is 20.4 Å². The van der Waals surface area contributed by atoms with Crippen molar-refractivity contribution >= 4 is 5.97 Å². The van der Waals surface area contributed by atoms with E-state index in [9.17, 15) is 4.79 Å². The van der Waals surface area contributed by atoms with E-state index in [4.69, 9.17) is 4.74 Å². The number of esters is 1. The number of nitrogens with zero attached hydrogens (tertiary/aromatic N) is 2. The van der Waals surface area contributed by atoms with Gasteiger partial charge in [0, 0.05) is 24.9 Å². The zero-order valence-electron chi connectivity index (χ0n) is 11.9. The second-order valence-corrected chi connectivity index (χ2v) is 4.96. The molecule has 0 saturated carbocycles. The van der Waals surface area contributed by atoms with E-state index in [0.717, 1.165) is 12.4 Å². The topological polar surface area (TPSA) is 56.2 Å². The number of likely N-dealkylation sites (N-methyl/N-ethyl adjacent to an activating group) is 1. The first-order chi connectivity index (χ1) is 8.44. The predicted molar refractivity (Wildman–Crippen MR) is 70.4 cm³/mol. The predicted octanol–water partition coefficient (Wildman–Crippen LogP) is 1.55. The number of carbonyl (C=O) groups is 1. The van der Waals surface area contributed by atoms with Gasteiger partial charge in [0.25, 0.3) is 0 Å². The summed E-state index contributed by atoms with van der Waals surface area (Å²) in [5, 5.41) is 3.03. The zero-order valence-corrected chi connectivity index (χ0v) is 11.9. The van der Waals surface area contributed by atoms with Gasteiger partial charge in [-0.1, -0.05) is 13.8 Å². The van der Waals surface area contributed by atoms with Gasteiger partial charge in [-0.3, -0.25) is 4.79 Å². The van der Waals surface area contributed by atoms with Crippen molar-refractivity contribution in [3.63, 3.8) is 0 Å². The van der Waals surface area contributed by atoms with E-state index >= 15 is 0 Å². The second-order valence-electron chi connectivity index (χ2n) is 4.96. The molecule has 0 spiro atoms. The van der Waals surface area contributed by atoms with E-state index in [1.165, 1.54) is 7.11 Å². The van der Waals surface area contributed by atoms with Gasteiger partial charge in [0.2, 0.25) is 0 Å². The van der Waals surface area contributed by atoms with Gasteiger partial charge < -0.3 is 14.6 Å². The number of aromatic nitrogens is 2. The molecule has 0 fully saturated rings. The number of rotatable bonds is 6. The fourth-order valence-electron chi connectivity index (χ4n) is 1.91. The van der Waals surface area contributed by atoms with Crippen LogP contribution >= 0.6 is 0 Å². The Morgan fingerprint density at radius 1 is 1.61 bits per heavy atom. The highest BCUT2D eigenvalue weighted by Gasteiger charge is 2.32. The first-order valence-corrected chi connectivity index (χ1v) is 6.23. The molecule has 0 aliphatic rings. The molecule has 0 bridgehead atoms. The standard InChI is InChI=1S/C13H23N3O2/c1-10(2)11-15-7-9-16(11)8-6-13(3,14-4)12(17)18-5/h7,9-10,14H,6,8H2,1-5H3. The summed E-state index contributed by atoms with van der Waals surface area (Å²) in [6, 6.07) is 0. The molecule has 1 unspecified atom stereocenters. The molecule has 18 heavy (non-hydrogen) atoms. The van der Waals surface area contributed by atoms with Crippen LogP contribution in [0.4, 0.5) is 0 Å². The minimum absolute atomic E-state index is 0.240. The summed E-state index contributed by atoms with van der Waals surface area (Å²) in [5.74, 6) is 1.17. The molecule has 1 aromatic heterocycles. The maximum Gasteiger partial charge on any atom is 0.325 e. The summed E-state index contributed by atoms with van der Waals surface area (Å²) in [5.41, 5.74) is -0.659. The van der Waals surface area contributed by atoms with Crippen LogP contribution < -0.4 is 5.32 Å². The van der Waals surface area contributed by atoms with Gasteiger partial charge in [-0.15, -0.1) is 0 Å². The monoisotopic (exact) mass is 253 g/mol. The minimum atomic E-state index is -0.659. The Morgan fingerprint density at radius 3 is 2.78 bits per heavy atom. The van der Waals surface area contributed by atoms with E-state index in [1.54, 1.807) is 13.2 Å². The first kappa shape index (κ1) is 14.7. The second kappa shape index (κ2) is 6.00. The molecular weight excluding hydrogens is 230 g/mol. The average Bonchev–Trinajstić information content (AvgIpc) is 2.83. The van der Waals surface area contributed by atoms with Gasteiger partial charge in [0.1, 0.15) is 11.4 Å². The van der Waals surface area contributed by atoms with Crippen LogP contribution in [0.2, 0.25) is 0 Å². The van der Waals surface area contributed by atoms with Gasteiger partial charge >= 0.3 is 5.97 Å². The van der Waals surface area contributed by atoms with E-state index in [0.29, 0.717) is 12.3 Å². The number of ether oxygens (including phenoxy) is 1. The molecule has 0 saturated heterocycles. The normalized spacial score (nSPS) is 14.6. The fraction of sp³-hybridized carbons (Fsp3) is 0.692. The van der Waals surface area contributed by atoms with E-state index in [2.05, 4.69) is 28.7 Å². The van der Waals surface area contributed by atoms with Gasteiger partial charge in [-0.2, -0.15) is 0 Å². The highest BCUT2D eigenvalue weighted by atomic mass is 16.5. The number of aryl methyl sites for hydroxylation is 1. The average molecular weight is 253 g/mol. The van der Waals surface area contributed by atoms with E-state index in [1.807, 2.05) is 13.1 Å². The number of nitrogens with one attached hydrogen (secondary N) is 1. The van der Waals surface area contributed by atoms with Crippen molar-refractivity contribution in [2.75, 3.05) is 14.2 Å². The number of hydrogen-bond acceptors (Lipinski definition) is 4. The smallest absolute Gasteiger partial charge is 0.325 e. The SMILES string of the molecule is CNC(C)(CCn1ccnc1C(C)C)C(=O)OC. The van der Waals surface area contributed by atoms with E-state index in [-0.39, 0.29) is 5.97 Å². The Morgan fingerprint density at radius 2 is 2.28 bits per heavy atom. The van der Waals surface area contributed by atoms with Crippen molar-refractivity contribution in [2.45, 2.75) is 45.2 Å². The van der Waals surface area contributed by atoms with Crippen LogP contribution in [0.15, 0.2) is 12.4 Å². The highest BCUT2D eigenvalue weighted by Crippen LogP contribution is 2.16. The summed E-state index contributed by atoms with van der Waals surface area (Å²) >= 11 is 0. The Bertz CT molecular complexity index is 401. The zero-order chi connectivity index (χ0) is 13.8. The van der Waals surface area contributed by atoms with Crippen LogP contribution in [0.3, 0.4) is 0 Å². The molecule has 1 aromatic rings.